The van der Waals surface area contributed by atoms with Crippen LogP contribution in [0.25, 0.3) is 28.1 Å². The largest absolute Gasteiger partial charge is 0.444 e. The molecule has 4 heterocycles. The molecule has 0 radical (unpaired) electrons. The van der Waals surface area contributed by atoms with E-state index in [4.69, 9.17) is 4.74 Å². The van der Waals surface area contributed by atoms with Crippen LogP contribution in [0, 0.1) is 0 Å². The number of nitrogens with zero attached hydrogens (tertiary/aromatic N) is 5. The van der Waals surface area contributed by atoms with E-state index in [0.717, 1.165) is 5.39 Å². The molecule has 1 fully saturated rings. The Morgan fingerprint density at radius 2 is 1.79 bits per heavy atom. The lowest BCUT2D eigenvalue weighted by Gasteiger charge is -2.30. The van der Waals surface area contributed by atoms with E-state index in [0.29, 0.717) is 28.8 Å². The van der Waals surface area contributed by atoms with Crippen molar-refractivity contribution in [3.05, 3.63) is 59.8 Å². The summed E-state index contributed by atoms with van der Waals surface area (Å²) >= 11 is 0. The number of nitrogens with one attached hydrogen (secondary N) is 2. The molecule has 1 unspecified atom stereocenters. The van der Waals surface area contributed by atoms with Crippen LogP contribution in [0.1, 0.15) is 63.0 Å². The van der Waals surface area contributed by atoms with Gasteiger partial charge in [-0.25, -0.2) is 9.78 Å². The molecule has 0 aliphatic carbocycles. The number of fused-ring (bicyclic) bond motifs is 2. The highest BCUT2D eigenvalue weighted by Gasteiger charge is 2.47. The third kappa shape index (κ3) is 6.87. The van der Waals surface area contributed by atoms with E-state index in [1.807, 2.05) is 19.9 Å². The second-order valence-corrected chi connectivity index (χ2v) is 12.0. The average molecular weight is 598 g/mol. The molecule has 4 aromatic rings. The first-order valence-electron chi connectivity index (χ1n) is 14.0. The Bertz CT molecular complexity index is 1660. The molecule has 0 bridgehead atoms. The summed E-state index contributed by atoms with van der Waals surface area (Å²) in [4.78, 5) is 30.7. The number of ether oxygens (including phenoxy) is 1. The molecule has 0 spiro atoms. The molecule has 43 heavy (non-hydrogen) atoms. The van der Waals surface area contributed by atoms with Crippen LogP contribution in [0.2, 0.25) is 0 Å². The maximum absolute atomic E-state index is 14.5. The van der Waals surface area contributed by atoms with Crippen molar-refractivity contribution < 1.29 is 27.5 Å². The number of carbonyl (C=O) groups is 2. The zero-order chi connectivity index (χ0) is 31.1. The number of halogens is 3. The van der Waals surface area contributed by atoms with E-state index in [-0.39, 0.29) is 36.4 Å². The molecular formula is C30H34F3N7O3. The highest BCUT2D eigenvalue weighted by Crippen LogP contribution is 2.40. The van der Waals surface area contributed by atoms with Gasteiger partial charge in [0.15, 0.2) is 11.5 Å². The molecule has 3 aromatic heterocycles. The standard InChI is InChI=1S/C30H34F3N7O3/c1-17(2)34-27(41)19-7-6-18-8-10-22(36-23(18)14-19)26-38-37-24-11-9-20(15-40(24)26)25(30(31,32)33)39-13-12-21(16-39)35-28(42)43-29(3,4)5/h6-11,14-15,17,21,25H,12-13,16H2,1-5H3,(H,34,41)(H,35,42)/t21-,25?/m0/s1. The summed E-state index contributed by atoms with van der Waals surface area (Å²) in [6.07, 6.45) is -3.51. The maximum atomic E-state index is 14.5. The molecule has 1 saturated heterocycles. The van der Waals surface area contributed by atoms with Gasteiger partial charge in [-0.05, 0) is 70.9 Å². The van der Waals surface area contributed by atoms with Crippen LogP contribution in [-0.4, -0.2) is 73.4 Å². The number of likely N-dealkylation sites (tertiary alicyclic amines) is 1. The van der Waals surface area contributed by atoms with Gasteiger partial charge >= 0.3 is 12.3 Å². The molecule has 13 heteroatoms. The Hall–Kier alpha value is -4.26. The number of alkyl halides is 3. The molecular weight excluding hydrogens is 563 g/mol. The lowest BCUT2D eigenvalue weighted by atomic mass is 10.1. The van der Waals surface area contributed by atoms with E-state index in [2.05, 4.69) is 25.8 Å². The summed E-state index contributed by atoms with van der Waals surface area (Å²) in [5, 5.41) is 14.7. The third-order valence-electron chi connectivity index (χ3n) is 6.96. The van der Waals surface area contributed by atoms with Gasteiger partial charge in [0.1, 0.15) is 17.3 Å². The topological polar surface area (TPSA) is 114 Å². The summed E-state index contributed by atoms with van der Waals surface area (Å²) < 4.78 is 50.4. The predicted molar refractivity (Wildman–Crippen MR) is 154 cm³/mol. The Labute approximate surface area is 246 Å². The summed E-state index contributed by atoms with van der Waals surface area (Å²) in [6, 6.07) is 9.15. The van der Waals surface area contributed by atoms with Gasteiger partial charge in [-0.2, -0.15) is 13.2 Å². The highest BCUT2D eigenvalue weighted by molar-refractivity contribution is 5.98. The first-order chi connectivity index (χ1) is 20.2. The van der Waals surface area contributed by atoms with Crippen LogP contribution in [0.4, 0.5) is 18.0 Å². The van der Waals surface area contributed by atoms with Crippen LogP contribution in [0.5, 0.6) is 0 Å². The minimum atomic E-state index is -4.59. The number of amides is 2. The van der Waals surface area contributed by atoms with Crippen molar-refractivity contribution in [1.82, 2.24) is 35.1 Å². The summed E-state index contributed by atoms with van der Waals surface area (Å²) in [6.45, 7) is 9.05. The lowest BCUT2D eigenvalue weighted by Crippen LogP contribution is -2.42. The van der Waals surface area contributed by atoms with Crippen molar-refractivity contribution in [2.24, 2.45) is 0 Å². The predicted octanol–water partition coefficient (Wildman–Crippen LogP) is 5.29. The fourth-order valence-corrected chi connectivity index (χ4v) is 5.19. The molecule has 10 nitrogen and oxygen atoms in total. The zero-order valence-corrected chi connectivity index (χ0v) is 24.6. The van der Waals surface area contributed by atoms with Crippen molar-refractivity contribution in [1.29, 1.82) is 0 Å². The van der Waals surface area contributed by atoms with Gasteiger partial charge in [-0.15, -0.1) is 10.2 Å². The van der Waals surface area contributed by atoms with E-state index >= 15 is 0 Å². The second kappa shape index (κ2) is 11.4. The first-order valence-corrected chi connectivity index (χ1v) is 14.0. The highest BCUT2D eigenvalue weighted by atomic mass is 19.4. The minimum Gasteiger partial charge on any atom is -0.444 e. The normalized spacial score (nSPS) is 17.0. The first kappa shape index (κ1) is 30.2. The van der Waals surface area contributed by atoms with E-state index in [9.17, 15) is 22.8 Å². The number of hydrogen-bond donors (Lipinski definition) is 2. The van der Waals surface area contributed by atoms with Gasteiger partial charge in [0.25, 0.3) is 5.91 Å². The molecule has 2 N–H and O–H groups in total. The number of aromatic nitrogens is 4. The summed E-state index contributed by atoms with van der Waals surface area (Å²) in [7, 11) is 0. The van der Waals surface area contributed by atoms with Crippen molar-refractivity contribution in [2.75, 3.05) is 13.1 Å². The number of rotatable bonds is 6. The molecule has 0 saturated carbocycles. The summed E-state index contributed by atoms with van der Waals surface area (Å²) in [5.41, 5.74) is 1.02. The second-order valence-electron chi connectivity index (χ2n) is 12.0. The van der Waals surface area contributed by atoms with Crippen molar-refractivity contribution in [3.8, 4) is 11.5 Å². The van der Waals surface area contributed by atoms with E-state index < -0.39 is 30.0 Å². The monoisotopic (exact) mass is 597 g/mol. The number of carbonyl (C=O) groups excluding carboxylic acids is 2. The molecule has 5 rings (SSSR count). The Balaban J connectivity index is 1.44. The van der Waals surface area contributed by atoms with E-state index in [1.165, 1.54) is 27.6 Å². The van der Waals surface area contributed by atoms with Gasteiger partial charge in [-0.3, -0.25) is 14.1 Å². The van der Waals surface area contributed by atoms with Crippen LogP contribution < -0.4 is 10.6 Å². The SMILES string of the molecule is CC(C)NC(=O)c1ccc2ccc(-c3nnc4ccc(C(N5CC[C@H](NC(=O)OC(C)(C)C)C5)C(F)(F)F)cn34)nc2c1. The van der Waals surface area contributed by atoms with Gasteiger partial charge < -0.3 is 15.4 Å². The zero-order valence-electron chi connectivity index (χ0n) is 24.6. The minimum absolute atomic E-state index is 0.00685. The molecule has 1 aliphatic heterocycles. The molecule has 2 amide bonds. The van der Waals surface area contributed by atoms with Gasteiger partial charge in [0.05, 0.1) is 5.52 Å². The Morgan fingerprint density at radius 1 is 1.05 bits per heavy atom. The fourth-order valence-electron chi connectivity index (χ4n) is 5.19. The third-order valence-corrected chi connectivity index (χ3v) is 6.96. The van der Waals surface area contributed by atoms with Gasteiger partial charge in [-0.1, -0.05) is 18.2 Å². The lowest BCUT2D eigenvalue weighted by molar-refractivity contribution is -0.184. The molecule has 2 atom stereocenters. The van der Waals surface area contributed by atoms with Crippen LogP contribution in [-0.2, 0) is 4.74 Å². The fraction of sp³-hybridized carbons (Fsp3) is 0.433. The Kier molecular flexibility index (Phi) is 8.03. The van der Waals surface area contributed by atoms with E-state index in [1.54, 1.807) is 45.0 Å². The summed E-state index contributed by atoms with van der Waals surface area (Å²) in [5.74, 6) is 0.0351. The molecule has 1 aliphatic rings. The maximum Gasteiger partial charge on any atom is 0.408 e. The average Bonchev–Trinajstić information content (AvgIpc) is 3.52. The number of hydrogen-bond acceptors (Lipinski definition) is 7. The van der Waals surface area contributed by atoms with Gasteiger partial charge in [0.2, 0.25) is 0 Å². The smallest absolute Gasteiger partial charge is 0.408 e. The Morgan fingerprint density at radius 3 is 2.49 bits per heavy atom. The van der Waals surface area contributed by atoms with Gasteiger partial charge in [0, 0.05) is 42.3 Å². The van der Waals surface area contributed by atoms with Crippen LogP contribution in [0.15, 0.2) is 48.7 Å². The van der Waals surface area contributed by atoms with Crippen molar-refractivity contribution >= 4 is 28.6 Å². The molecule has 1 aromatic carbocycles. The number of benzene rings is 1. The quantitative estimate of drug-likeness (QED) is 0.311. The van der Waals surface area contributed by atoms with Crippen LogP contribution >= 0.6 is 0 Å². The molecule has 228 valence electrons. The van der Waals surface area contributed by atoms with Crippen molar-refractivity contribution in [2.45, 2.75) is 70.9 Å². The number of pyridine rings is 2. The van der Waals surface area contributed by atoms with Crippen molar-refractivity contribution in [3.63, 3.8) is 0 Å². The number of alkyl carbamates (subject to hydrolysis) is 1. The van der Waals surface area contributed by atoms with Crippen LogP contribution in [0.3, 0.4) is 0 Å².